The SMILES string of the molecule is Cn1nc(C2CCCc3ccccc32)c2ncnc(N)c21. The molecule has 5 heteroatoms. The summed E-state index contributed by atoms with van der Waals surface area (Å²) in [4.78, 5) is 8.51. The summed E-state index contributed by atoms with van der Waals surface area (Å²) in [6, 6.07) is 8.64. The van der Waals surface area contributed by atoms with Crippen LogP contribution in [0, 0.1) is 0 Å². The van der Waals surface area contributed by atoms with Gasteiger partial charge in [-0.15, -0.1) is 0 Å². The number of fused-ring (bicyclic) bond motifs is 2. The first-order chi connectivity index (χ1) is 10.3. The van der Waals surface area contributed by atoms with Gasteiger partial charge < -0.3 is 5.73 Å². The van der Waals surface area contributed by atoms with Crippen LogP contribution in [0.5, 0.6) is 0 Å². The lowest BCUT2D eigenvalue weighted by Crippen LogP contribution is -2.12. The first-order valence-electron chi connectivity index (χ1n) is 7.26. The van der Waals surface area contributed by atoms with Crippen LogP contribution >= 0.6 is 0 Å². The number of benzene rings is 1. The van der Waals surface area contributed by atoms with Crippen molar-refractivity contribution in [3.8, 4) is 0 Å². The lowest BCUT2D eigenvalue weighted by Gasteiger charge is -2.24. The van der Waals surface area contributed by atoms with Gasteiger partial charge in [-0.1, -0.05) is 24.3 Å². The average Bonchev–Trinajstić information content (AvgIpc) is 2.85. The molecular weight excluding hydrogens is 262 g/mol. The van der Waals surface area contributed by atoms with Crippen LogP contribution in [0.2, 0.25) is 0 Å². The highest BCUT2D eigenvalue weighted by molar-refractivity contribution is 5.86. The van der Waals surface area contributed by atoms with Gasteiger partial charge in [0.2, 0.25) is 0 Å². The van der Waals surface area contributed by atoms with Crippen molar-refractivity contribution in [2.75, 3.05) is 5.73 Å². The minimum absolute atomic E-state index is 0.299. The monoisotopic (exact) mass is 279 g/mol. The number of nitrogen functional groups attached to an aromatic ring is 1. The van der Waals surface area contributed by atoms with Crippen LogP contribution in [-0.4, -0.2) is 19.7 Å². The van der Waals surface area contributed by atoms with E-state index in [2.05, 4.69) is 34.2 Å². The summed E-state index contributed by atoms with van der Waals surface area (Å²) in [6.45, 7) is 0. The zero-order valence-corrected chi connectivity index (χ0v) is 12.0. The molecule has 1 unspecified atom stereocenters. The number of aromatic nitrogens is 4. The molecule has 0 saturated carbocycles. The van der Waals surface area contributed by atoms with E-state index in [1.54, 1.807) is 4.68 Å². The van der Waals surface area contributed by atoms with Crippen molar-refractivity contribution >= 4 is 16.9 Å². The van der Waals surface area contributed by atoms with Gasteiger partial charge >= 0.3 is 0 Å². The molecular formula is C16H17N5. The fourth-order valence-corrected chi connectivity index (χ4v) is 3.43. The van der Waals surface area contributed by atoms with Crippen LogP contribution in [0.25, 0.3) is 11.0 Å². The number of nitrogens with two attached hydrogens (primary N) is 1. The quantitative estimate of drug-likeness (QED) is 0.742. The van der Waals surface area contributed by atoms with Crippen molar-refractivity contribution in [3.63, 3.8) is 0 Å². The highest BCUT2D eigenvalue weighted by Crippen LogP contribution is 2.38. The van der Waals surface area contributed by atoms with Gasteiger partial charge in [-0.2, -0.15) is 5.10 Å². The van der Waals surface area contributed by atoms with E-state index in [0.29, 0.717) is 11.7 Å². The topological polar surface area (TPSA) is 69.6 Å². The lowest BCUT2D eigenvalue weighted by molar-refractivity contribution is 0.595. The molecule has 1 aromatic carbocycles. The third-order valence-electron chi connectivity index (χ3n) is 4.37. The molecule has 1 atom stereocenters. The molecule has 0 radical (unpaired) electrons. The smallest absolute Gasteiger partial charge is 0.153 e. The summed E-state index contributed by atoms with van der Waals surface area (Å²) in [5.41, 5.74) is 11.5. The Balaban J connectivity index is 1.95. The first-order valence-corrected chi connectivity index (χ1v) is 7.26. The summed E-state index contributed by atoms with van der Waals surface area (Å²) in [5, 5.41) is 4.71. The Hall–Kier alpha value is -2.43. The van der Waals surface area contributed by atoms with E-state index in [1.807, 2.05) is 7.05 Å². The summed E-state index contributed by atoms with van der Waals surface area (Å²) in [7, 11) is 1.90. The molecule has 0 spiro atoms. The third kappa shape index (κ3) is 1.81. The van der Waals surface area contributed by atoms with Crippen LogP contribution in [-0.2, 0) is 13.5 Å². The van der Waals surface area contributed by atoms with Crippen LogP contribution in [0.15, 0.2) is 30.6 Å². The van der Waals surface area contributed by atoms with Crippen molar-refractivity contribution in [1.82, 2.24) is 19.7 Å². The zero-order chi connectivity index (χ0) is 14.4. The molecule has 21 heavy (non-hydrogen) atoms. The Bertz CT molecular complexity index is 821. The van der Waals surface area contributed by atoms with Crippen LogP contribution in [0.3, 0.4) is 0 Å². The third-order valence-corrected chi connectivity index (χ3v) is 4.37. The van der Waals surface area contributed by atoms with Gasteiger partial charge in [0, 0.05) is 13.0 Å². The number of rotatable bonds is 1. The number of hydrogen-bond acceptors (Lipinski definition) is 4. The summed E-state index contributed by atoms with van der Waals surface area (Å²) in [6.07, 6.45) is 4.96. The highest BCUT2D eigenvalue weighted by atomic mass is 15.3. The molecule has 2 aromatic heterocycles. The van der Waals surface area contributed by atoms with E-state index in [4.69, 9.17) is 10.8 Å². The molecule has 2 heterocycles. The molecule has 0 saturated heterocycles. The number of aryl methyl sites for hydroxylation is 2. The predicted molar refractivity (Wildman–Crippen MR) is 81.9 cm³/mol. The Kier molecular flexibility index (Phi) is 2.67. The molecule has 0 amide bonds. The standard InChI is InChI=1S/C16H17N5/c1-21-15-14(18-9-19-16(15)17)13(20-21)12-8-4-6-10-5-2-3-7-11(10)12/h2-3,5,7,9,12H,4,6,8H2,1H3,(H2,17,18,19). The van der Waals surface area contributed by atoms with E-state index in [0.717, 1.165) is 29.6 Å². The maximum absolute atomic E-state index is 5.98. The fraction of sp³-hybridized carbons (Fsp3) is 0.312. The highest BCUT2D eigenvalue weighted by Gasteiger charge is 2.27. The maximum Gasteiger partial charge on any atom is 0.153 e. The molecule has 5 nitrogen and oxygen atoms in total. The minimum Gasteiger partial charge on any atom is -0.382 e. The largest absolute Gasteiger partial charge is 0.382 e. The second-order valence-corrected chi connectivity index (χ2v) is 5.61. The van der Waals surface area contributed by atoms with E-state index in [9.17, 15) is 0 Å². The van der Waals surface area contributed by atoms with Gasteiger partial charge in [0.05, 0.1) is 5.69 Å². The first kappa shape index (κ1) is 12.3. The normalized spacial score (nSPS) is 17.9. The number of nitrogens with zero attached hydrogens (tertiary/aromatic N) is 4. The molecule has 4 rings (SSSR count). The number of anilines is 1. The van der Waals surface area contributed by atoms with Gasteiger partial charge in [0.25, 0.3) is 0 Å². The maximum atomic E-state index is 5.98. The molecule has 0 fully saturated rings. The van der Waals surface area contributed by atoms with Crippen molar-refractivity contribution < 1.29 is 0 Å². The zero-order valence-electron chi connectivity index (χ0n) is 12.0. The Morgan fingerprint density at radius 1 is 1.24 bits per heavy atom. The summed E-state index contributed by atoms with van der Waals surface area (Å²) in [5.74, 6) is 0.790. The fourth-order valence-electron chi connectivity index (χ4n) is 3.43. The Labute approximate surface area is 122 Å². The van der Waals surface area contributed by atoms with Crippen molar-refractivity contribution in [1.29, 1.82) is 0 Å². The van der Waals surface area contributed by atoms with Crippen molar-refractivity contribution in [2.24, 2.45) is 7.05 Å². The van der Waals surface area contributed by atoms with Gasteiger partial charge in [0.15, 0.2) is 5.82 Å². The summed E-state index contributed by atoms with van der Waals surface area (Å²) < 4.78 is 1.80. The van der Waals surface area contributed by atoms with Gasteiger partial charge in [0.1, 0.15) is 17.4 Å². The second kappa shape index (κ2) is 4.55. The van der Waals surface area contributed by atoms with E-state index >= 15 is 0 Å². The molecule has 2 N–H and O–H groups in total. The molecule has 1 aliphatic carbocycles. The van der Waals surface area contributed by atoms with Gasteiger partial charge in [-0.25, -0.2) is 9.97 Å². The van der Waals surface area contributed by atoms with Crippen molar-refractivity contribution in [3.05, 3.63) is 47.4 Å². The predicted octanol–water partition coefficient (Wildman–Crippen LogP) is 2.41. The van der Waals surface area contributed by atoms with Crippen molar-refractivity contribution in [2.45, 2.75) is 25.2 Å². The van der Waals surface area contributed by atoms with E-state index in [-0.39, 0.29) is 0 Å². The molecule has 3 aromatic rings. The van der Waals surface area contributed by atoms with E-state index < -0.39 is 0 Å². The van der Waals surface area contributed by atoms with Gasteiger partial charge in [-0.05, 0) is 30.4 Å². The van der Waals surface area contributed by atoms with Crippen LogP contribution in [0.1, 0.15) is 35.6 Å². The second-order valence-electron chi connectivity index (χ2n) is 5.61. The molecule has 0 aliphatic heterocycles. The van der Waals surface area contributed by atoms with Crippen LogP contribution in [0.4, 0.5) is 5.82 Å². The van der Waals surface area contributed by atoms with Crippen LogP contribution < -0.4 is 5.73 Å². The molecule has 0 bridgehead atoms. The molecule has 106 valence electrons. The Morgan fingerprint density at radius 3 is 3.00 bits per heavy atom. The molecule has 1 aliphatic rings. The summed E-state index contributed by atoms with van der Waals surface area (Å²) >= 11 is 0. The van der Waals surface area contributed by atoms with Gasteiger partial charge in [-0.3, -0.25) is 4.68 Å². The number of hydrogen-bond donors (Lipinski definition) is 1. The minimum atomic E-state index is 0.299. The van der Waals surface area contributed by atoms with E-state index in [1.165, 1.54) is 23.9 Å². The average molecular weight is 279 g/mol. The lowest BCUT2D eigenvalue weighted by atomic mass is 9.81. The Morgan fingerprint density at radius 2 is 2.10 bits per heavy atom.